The quantitative estimate of drug-likeness (QED) is 0.209. The molecule has 0 atom stereocenters. The van der Waals surface area contributed by atoms with E-state index in [9.17, 15) is 31.1 Å². The van der Waals surface area contributed by atoms with Crippen LogP contribution in [0, 0.1) is 0 Å². The maximum atomic E-state index is 12.7. The van der Waals surface area contributed by atoms with Crippen molar-refractivity contribution in [2.45, 2.75) is 45.6 Å². The summed E-state index contributed by atoms with van der Waals surface area (Å²) < 4.78 is 76.4. The number of hydrogen-bond acceptors (Lipinski definition) is 2. The molecule has 0 saturated heterocycles. The topological polar surface area (TPSA) is 82.2 Å². The maximum Gasteiger partial charge on any atom is 0.432 e. The first-order chi connectivity index (χ1) is 13.5. The highest BCUT2D eigenvalue weighted by atomic mass is 19.4. The molecule has 0 aliphatic carbocycles. The van der Waals surface area contributed by atoms with E-state index >= 15 is 0 Å². The van der Waals surface area contributed by atoms with Crippen LogP contribution in [0.1, 0.15) is 33.4 Å². The third-order valence-corrected chi connectivity index (χ3v) is 3.12. The van der Waals surface area contributed by atoms with E-state index in [4.69, 9.17) is 0 Å². The first-order valence-electron chi connectivity index (χ1n) is 8.44. The minimum atomic E-state index is -4.75. The molecule has 0 unspecified atom stereocenters. The van der Waals surface area contributed by atoms with Gasteiger partial charge in [-0.15, -0.1) is 0 Å². The largest absolute Gasteiger partial charge is 0.432 e. The molecular weight excluding hydrogens is 416 g/mol. The van der Waals surface area contributed by atoms with Crippen molar-refractivity contribution >= 4 is 17.7 Å². The van der Waals surface area contributed by atoms with Crippen molar-refractivity contribution < 1.29 is 31.1 Å². The van der Waals surface area contributed by atoms with E-state index in [1.54, 1.807) is 25.9 Å². The Hall–Kier alpha value is -3.05. The van der Waals surface area contributed by atoms with Crippen LogP contribution in [0.5, 0.6) is 0 Å². The molecule has 0 aromatic carbocycles. The fraction of sp³-hybridized carbons (Fsp3) is 0.389. The van der Waals surface area contributed by atoms with Crippen molar-refractivity contribution in [2.75, 3.05) is 5.32 Å². The molecule has 0 fully saturated rings. The SMILES string of the molecule is C=C(/C=C(\C=C/C)C(=O)/N=C(\Nc1cc(C(F)(F)F)[nH]n1)NC(C)(C)C)C(F)(F)F. The lowest BCUT2D eigenvalue weighted by Gasteiger charge is -2.23. The third kappa shape index (κ3) is 8.13. The number of aromatic nitrogens is 2. The minimum Gasteiger partial charge on any atom is -0.351 e. The summed E-state index contributed by atoms with van der Waals surface area (Å²) in [6.07, 6.45) is -6.46. The Morgan fingerprint density at radius 1 is 1.20 bits per heavy atom. The molecule has 3 N–H and O–H groups in total. The van der Waals surface area contributed by atoms with Gasteiger partial charge in [0.2, 0.25) is 5.96 Å². The second kappa shape index (κ2) is 9.18. The molecule has 1 heterocycles. The van der Waals surface area contributed by atoms with Crippen molar-refractivity contribution in [1.29, 1.82) is 0 Å². The van der Waals surface area contributed by atoms with Crippen LogP contribution in [0.3, 0.4) is 0 Å². The molecule has 6 nitrogen and oxygen atoms in total. The van der Waals surface area contributed by atoms with Crippen LogP contribution in [0.2, 0.25) is 0 Å². The Bertz CT molecular complexity index is 869. The first kappa shape index (κ1) is 25.0. The molecular formula is C18H21F6N5O. The van der Waals surface area contributed by atoms with E-state index in [2.05, 4.69) is 27.3 Å². The summed E-state index contributed by atoms with van der Waals surface area (Å²) in [7, 11) is 0. The van der Waals surface area contributed by atoms with Gasteiger partial charge in [0, 0.05) is 22.8 Å². The predicted octanol–water partition coefficient (Wildman–Crippen LogP) is 4.73. The Morgan fingerprint density at radius 3 is 2.23 bits per heavy atom. The number of guanidine groups is 1. The second-order valence-electron chi connectivity index (χ2n) is 7.05. The number of aromatic amines is 1. The molecule has 0 spiro atoms. The van der Waals surface area contributed by atoms with Crippen LogP contribution in [-0.4, -0.2) is 33.8 Å². The Kier molecular flexibility index (Phi) is 7.65. The normalized spacial score (nSPS) is 14.2. The van der Waals surface area contributed by atoms with E-state index in [0.29, 0.717) is 12.1 Å². The van der Waals surface area contributed by atoms with Crippen molar-refractivity contribution in [3.63, 3.8) is 0 Å². The van der Waals surface area contributed by atoms with Gasteiger partial charge in [0.25, 0.3) is 5.91 Å². The minimum absolute atomic E-state index is 0.304. The van der Waals surface area contributed by atoms with Gasteiger partial charge in [-0.1, -0.05) is 18.7 Å². The number of carbonyl (C=O) groups excluding carboxylic acids is 1. The number of alkyl halides is 6. The Morgan fingerprint density at radius 2 is 1.80 bits per heavy atom. The van der Waals surface area contributed by atoms with Gasteiger partial charge in [-0.25, -0.2) is 0 Å². The van der Waals surface area contributed by atoms with E-state index in [-0.39, 0.29) is 11.8 Å². The first-order valence-corrected chi connectivity index (χ1v) is 8.44. The fourth-order valence-corrected chi connectivity index (χ4v) is 1.89. The zero-order chi connectivity index (χ0) is 23.3. The second-order valence-corrected chi connectivity index (χ2v) is 7.05. The molecule has 12 heteroatoms. The monoisotopic (exact) mass is 437 g/mol. The van der Waals surface area contributed by atoms with Gasteiger partial charge in [0.05, 0.1) is 0 Å². The maximum absolute atomic E-state index is 12.7. The summed E-state index contributed by atoms with van der Waals surface area (Å²) in [4.78, 5) is 16.1. The highest BCUT2D eigenvalue weighted by molar-refractivity contribution is 6.07. The van der Waals surface area contributed by atoms with Crippen molar-refractivity contribution in [3.8, 4) is 0 Å². The highest BCUT2D eigenvalue weighted by Crippen LogP contribution is 2.29. The lowest BCUT2D eigenvalue weighted by atomic mass is 10.1. The van der Waals surface area contributed by atoms with Crippen LogP contribution in [-0.2, 0) is 11.0 Å². The molecule has 0 bridgehead atoms. The number of carbonyl (C=O) groups is 1. The molecule has 0 aliphatic heterocycles. The average molecular weight is 437 g/mol. The van der Waals surface area contributed by atoms with E-state index in [1.165, 1.54) is 13.0 Å². The highest BCUT2D eigenvalue weighted by Gasteiger charge is 2.33. The fourth-order valence-electron chi connectivity index (χ4n) is 1.89. The molecule has 30 heavy (non-hydrogen) atoms. The lowest BCUT2D eigenvalue weighted by molar-refractivity contribution is -0.141. The number of allylic oxidation sites excluding steroid dienone is 3. The summed E-state index contributed by atoms with van der Waals surface area (Å²) in [6.45, 7) is 9.38. The lowest BCUT2D eigenvalue weighted by Crippen LogP contribution is -2.44. The predicted molar refractivity (Wildman–Crippen MR) is 101 cm³/mol. The van der Waals surface area contributed by atoms with E-state index in [0.717, 1.165) is 6.08 Å². The Labute approximate surface area is 168 Å². The van der Waals surface area contributed by atoms with Crippen LogP contribution in [0.4, 0.5) is 32.2 Å². The van der Waals surface area contributed by atoms with Gasteiger partial charge in [0.15, 0.2) is 5.82 Å². The smallest absolute Gasteiger partial charge is 0.351 e. The van der Waals surface area contributed by atoms with Crippen LogP contribution < -0.4 is 10.6 Å². The summed E-state index contributed by atoms with van der Waals surface area (Å²) in [6, 6.07) is 0.651. The molecule has 1 aromatic rings. The number of H-pyrrole nitrogens is 1. The van der Waals surface area contributed by atoms with Crippen molar-refractivity contribution in [3.05, 3.63) is 47.7 Å². The van der Waals surface area contributed by atoms with Gasteiger partial charge in [0.1, 0.15) is 5.69 Å². The zero-order valence-corrected chi connectivity index (χ0v) is 16.6. The van der Waals surface area contributed by atoms with Gasteiger partial charge < -0.3 is 10.6 Å². The summed E-state index contributed by atoms with van der Waals surface area (Å²) in [5, 5.41) is 10.4. The molecule has 1 amide bonds. The third-order valence-electron chi connectivity index (χ3n) is 3.12. The molecule has 0 aliphatic rings. The van der Waals surface area contributed by atoms with Crippen LogP contribution in [0.25, 0.3) is 0 Å². The molecule has 0 radical (unpaired) electrons. The molecule has 166 valence electrons. The number of nitrogens with zero attached hydrogens (tertiary/aromatic N) is 2. The Balaban J connectivity index is 3.28. The number of aliphatic imine (C=N–C) groups is 1. The van der Waals surface area contributed by atoms with Crippen LogP contribution >= 0.6 is 0 Å². The number of rotatable bonds is 4. The standard InChI is InChI=1S/C18H21F6N5O/c1-6-7-11(8-10(2)17(19,20)21)14(30)26-15(27-16(3,4)5)25-13-9-12(28-29-13)18(22,23)24/h6-9H,2H2,1,3-5H3,(H3,25,26,27,28,29,30)/b7-6-,11-8+. The number of halogens is 6. The number of anilines is 1. The number of hydrogen-bond donors (Lipinski definition) is 3. The summed E-state index contributed by atoms with van der Waals surface area (Å²) in [5.41, 5.74) is -3.52. The van der Waals surface area contributed by atoms with Crippen molar-refractivity contribution in [1.82, 2.24) is 15.5 Å². The number of amides is 1. The van der Waals surface area contributed by atoms with E-state index < -0.39 is 40.6 Å². The zero-order valence-electron chi connectivity index (χ0n) is 16.6. The van der Waals surface area contributed by atoms with E-state index in [1.807, 2.05) is 0 Å². The average Bonchev–Trinajstić information content (AvgIpc) is 3.00. The van der Waals surface area contributed by atoms with Crippen LogP contribution in [0.15, 0.2) is 47.0 Å². The van der Waals surface area contributed by atoms with Gasteiger partial charge in [-0.05, 0) is 33.8 Å². The summed E-state index contributed by atoms with van der Waals surface area (Å²) in [5.74, 6) is -1.69. The molecule has 0 saturated carbocycles. The van der Waals surface area contributed by atoms with Gasteiger partial charge in [-0.2, -0.15) is 36.4 Å². The number of nitrogens with one attached hydrogen (secondary N) is 3. The summed E-state index contributed by atoms with van der Waals surface area (Å²) >= 11 is 0. The molecule has 1 aromatic heterocycles. The van der Waals surface area contributed by atoms with Crippen molar-refractivity contribution in [2.24, 2.45) is 4.99 Å². The van der Waals surface area contributed by atoms with Gasteiger partial charge >= 0.3 is 12.4 Å². The molecule has 1 rings (SSSR count). The van der Waals surface area contributed by atoms with Gasteiger partial charge in [-0.3, -0.25) is 9.89 Å².